The first-order valence-electron chi connectivity index (χ1n) is 7.38. The van der Waals surface area contributed by atoms with Crippen molar-refractivity contribution < 1.29 is 0 Å². The van der Waals surface area contributed by atoms with Crippen LogP contribution in [0.4, 0.5) is 0 Å². The van der Waals surface area contributed by atoms with Crippen molar-refractivity contribution in [1.29, 1.82) is 0 Å². The van der Waals surface area contributed by atoms with Crippen LogP contribution in [-0.2, 0) is 6.54 Å². The highest BCUT2D eigenvalue weighted by molar-refractivity contribution is 5.14. The van der Waals surface area contributed by atoms with E-state index in [-0.39, 0.29) is 0 Å². The topological polar surface area (TPSA) is 41.1 Å². The van der Waals surface area contributed by atoms with Gasteiger partial charge in [0.05, 0.1) is 5.69 Å². The van der Waals surface area contributed by atoms with Gasteiger partial charge in [-0.2, -0.15) is 0 Å². The number of aromatic nitrogens is 2. The zero-order valence-electron chi connectivity index (χ0n) is 12.2. The quantitative estimate of drug-likeness (QED) is 0.900. The Morgan fingerprint density at radius 1 is 1.26 bits per heavy atom. The summed E-state index contributed by atoms with van der Waals surface area (Å²) in [4.78, 5) is 12.1. The molecule has 2 atom stereocenters. The fraction of sp³-hybridized carbons (Fsp3) is 0.733. The first-order valence-corrected chi connectivity index (χ1v) is 7.38. The molecule has 1 aromatic heterocycles. The molecule has 0 radical (unpaired) electrons. The van der Waals surface area contributed by atoms with Gasteiger partial charge in [-0.05, 0) is 52.8 Å². The Bertz CT molecular complexity index is 445. The Labute approximate surface area is 115 Å². The van der Waals surface area contributed by atoms with Crippen LogP contribution < -0.4 is 5.32 Å². The molecule has 2 bridgehead atoms. The Hall–Kier alpha value is -1.00. The molecule has 0 spiro atoms. The minimum Gasteiger partial charge on any atom is -0.314 e. The molecule has 2 aliphatic heterocycles. The van der Waals surface area contributed by atoms with Gasteiger partial charge in [0.1, 0.15) is 5.82 Å². The molecular weight excluding hydrogens is 236 g/mol. The van der Waals surface area contributed by atoms with Crippen molar-refractivity contribution >= 4 is 0 Å². The molecule has 3 rings (SSSR count). The first-order chi connectivity index (χ1) is 9.17. The van der Waals surface area contributed by atoms with Gasteiger partial charge in [-0.25, -0.2) is 9.97 Å². The van der Waals surface area contributed by atoms with E-state index in [1.165, 1.54) is 25.7 Å². The molecule has 3 heterocycles. The molecular formula is C15H24N4. The zero-order valence-corrected chi connectivity index (χ0v) is 12.2. The monoisotopic (exact) mass is 260 g/mol. The predicted octanol–water partition coefficient (Wildman–Crippen LogP) is 1.84. The zero-order chi connectivity index (χ0) is 13.4. The number of nitrogens with one attached hydrogen (secondary N) is 1. The van der Waals surface area contributed by atoms with E-state index in [9.17, 15) is 0 Å². The highest BCUT2D eigenvalue weighted by atomic mass is 15.2. The molecule has 0 saturated carbocycles. The lowest BCUT2D eigenvalue weighted by atomic mass is 9.90. The van der Waals surface area contributed by atoms with Crippen LogP contribution in [0.15, 0.2) is 6.07 Å². The number of hydrogen-bond donors (Lipinski definition) is 1. The van der Waals surface area contributed by atoms with Gasteiger partial charge in [0.2, 0.25) is 0 Å². The van der Waals surface area contributed by atoms with E-state index in [1.807, 2.05) is 7.05 Å². The maximum atomic E-state index is 4.78. The molecule has 1 aromatic rings. The van der Waals surface area contributed by atoms with Crippen molar-refractivity contribution in [2.45, 2.75) is 57.2 Å². The van der Waals surface area contributed by atoms with E-state index in [0.29, 0.717) is 5.92 Å². The average Bonchev–Trinajstić information content (AvgIpc) is 2.62. The molecule has 2 fully saturated rings. The Morgan fingerprint density at radius 3 is 2.58 bits per heavy atom. The van der Waals surface area contributed by atoms with Gasteiger partial charge in [-0.15, -0.1) is 0 Å². The van der Waals surface area contributed by atoms with Gasteiger partial charge in [0.25, 0.3) is 0 Å². The summed E-state index contributed by atoms with van der Waals surface area (Å²) in [5, 5.41) is 3.18. The molecule has 4 heteroatoms. The highest BCUT2D eigenvalue weighted by Crippen LogP contribution is 2.41. The van der Waals surface area contributed by atoms with Crippen LogP contribution >= 0.6 is 0 Å². The van der Waals surface area contributed by atoms with Crippen LogP contribution in [0.3, 0.4) is 0 Å². The van der Waals surface area contributed by atoms with E-state index >= 15 is 0 Å². The van der Waals surface area contributed by atoms with E-state index in [4.69, 9.17) is 9.97 Å². The molecule has 2 unspecified atom stereocenters. The Kier molecular flexibility index (Phi) is 3.54. The second-order valence-corrected chi connectivity index (χ2v) is 6.11. The summed E-state index contributed by atoms with van der Waals surface area (Å²) >= 11 is 0. The summed E-state index contributed by atoms with van der Waals surface area (Å²) in [5.41, 5.74) is 2.22. The largest absolute Gasteiger partial charge is 0.314 e. The summed E-state index contributed by atoms with van der Waals surface area (Å²) in [6.07, 6.45) is 5.17. The van der Waals surface area contributed by atoms with Crippen molar-refractivity contribution in [2.24, 2.45) is 0 Å². The van der Waals surface area contributed by atoms with Crippen molar-refractivity contribution in [2.75, 3.05) is 14.1 Å². The van der Waals surface area contributed by atoms with E-state index in [0.717, 1.165) is 35.8 Å². The Morgan fingerprint density at radius 2 is 1.95 bits per heavy atom. The molecule has 0 amide bonds. The third-order valence-electron chi connectivity index (χ3n) is 4.75. The second-order valence-electron chi connectivity index (χ2n) is 6.11. The molecule has 2 saturated heterocycles. The van der Waals surface area contributed by atoms with Crippen LogP contribution in [0.2, 0.25) is 0 Å². The van der Waals surface area contributed by atoms with Crippen LogP contribution in [0, 0.1) is 6.92 Å². The lowest BCUT2D eigenvalue weighted by molar-refractivity contribution is 0.158. The second kappa shape index (κ2) is 5.17. The number of fused-ring (bicyclic) bond motifs is 2. The maximum absolute atomic E-state index is 4.78. The Balaban J connectivity index is 1.82. The lowest BCUT2D eigenvalue weighted by Gasteiger charge is -2.35. The molecule has 104 valence electrons. The van der Waals surface area contributed by atoms with E-state index in [2.05, 4.69) is 30.3 Å². The van der Waals surface area contributed by atoms with Crippen LogP contribution in [-0.4, -0.2) is 41.0 Å². The van der Waals surface area contributed by atoms with E-state index in [1.54, 1.807) is 0 Å². The van der Waals surface area contributed by atoms with Gasteiger partial charge in [-0.3, -0.25) is 0 Å². The number of rotatable bonds is 3. The van der Waals surface area contributed by atoms with Crippen molar-refractivity contribution in [3.63, 3.8) is 0 Å². The molecule has 4 nitrogen and oxygen atoms in total. The van der Waals surface area contributed by atoms with E-state index < -0.39 is 0 Å². The third kappa shape index (κ3) is 2.51. The summed E-state index contributed by atoms with van der Waals surface area (Å²) in [7, 11) is 4.25. The predicted molar refractivity (Wildman–Crippen MR) is 76.1 cm³/mol. The summed E-state index contributed by atoms with van der Waals surface area (Å²) in [6.45, 7) is 2.91. The number of piperidine rings is 1. The number of nitrogens with zero attached hydrogens (tertiary/aromatic N) is 3. The van der Waals surface area contributed by atoms with Gasteiger partial charge < -0.3 is 10.2 Å². The molecule has 19 heavy (non-hydrogen) atoms. The SMILES string of the molecule is CNCc1cc(C)nc(C2CC3CCC(C2)N3C)n1. The third-order valence-corrected chi connectivity index (χ3v) is 4.75. The van der Waals surface area contributed by atoms with Gasteiger partial charge in [0, 0.05) is 30.2 Å². The summed E-state index contributed by atoms with van der Waals surface area (Å²) in [5.74, 6) is 1.64. The molecule has 2 aliphatic rings. The normalized spacial score (nSPS) is 30.8. The van der Waals surface area contributed by atoms with Crippen LogP contribution in [0.5, 0.6) is 0 Å². The first kappa shape index (κ1) is 13.0. The average molecular weight is 260 g/mol. The van der Waals surface area contributed by atoms with Crippen molar-refractivity contribution in [1.82, 2.24) is 20.2 Å². The van der Waals surface area contributed by atoms with Crippen molar-refractivity contribution in [3.8, 4) is 0 Å². The van der Waals surface area contributed by atoms with Gasteiger partial charge in [0.15, 0.2) is 0 Å². The lowest BCUT2D eigenvalue weighted by Crippen LogP contribution is -2.39. The van der Waals surface area contributed by atoms with Crippen LogP contribution in [0.25, 0.3) is 0 Å². The fourth-order valence-electron chi connectivity index (χ4n) is 3.74. The van der Waals surface area contributed by atoms with Crippen molar-refractivity contribution in [3.05, 3.63) is 23.3 Å². The van der Waals surface area contributed by atoms with Crippen LogP contribution in [0.1, 0.15) is 48.8 Å². The van der Waals surface area contributed by atoms with Gasteiger partial charge in [-0.1, -0.05) is 0 Å². The minimum absolute atomic E-state index is 0.559. The summed E-state index contributed by atoms with van der Waals surface area (Å²) < 4.78 is 0. The highest BCUT2D eigenvalue weighted by Gasteiger charge is 2.39. The number of aryl methyl sites for hydroxylation is 1. The number of hydrogen-bond acceptors (Lipinski definition) is 4. The summed E-state index contributed by atoms with van der Waals surface area (Å²) in [6, 6.07) is 3.59. The molecule has 0 aromatic carbocycles. The minimum atomic E-state index is 0.559. The molecule has 0 aliphatic carbocycles. The standard InChI is InChI=1S/C15H24N4/c1-10-6-12(9-16-2)18-15(17-10)11-7-13-4-5-14(8-11)19(13)3/h6,11,13-14,16H,4-5,7-9H2,1-3H3. The fourth-order valence-corrected chi connectivity index (χ4v) is 3.74. The smallest absolute Gasteiger partial charge is 0.132 e. The molecule has 1 N–H and O–H groups in total. The maximum Gasteiger partial charge on any atom is 0.132 e. The van der Waals surface area contributed by atoms with Gasteiger partial charge >= 0.3 is 0 Å².